The first-order valence-corrected chi connectivity index (χ1v) is 2.95. The van der Waals surface area contributed by atoms with Crippen LogP contribution < -0.4 is 0 Å². The van der Waals surface area contributed by atoms with Crippen molar-refractivity contribution in [1.29, 1.82) is 0 Å². The number of hydrogen-bond acceptors (Lipinski definition) is 3. The Hall–Kier alpha value is 0.110. The van der Waals surface area contributed by atoms with Crippen molar-refractivity contribution in [2.75, 3.05) is 5.94 Å². The van der Waals surface area contributed by atoms with Crippen LogP contribution in [0.15, 0.2) is 0 Å². The summed E-state index contributed by atoms with van der Waals surface area (Å²) in [5, 5.41) is 0. The molecule has 0 saturated carbocycles. The van der Waals surface area contributed by atoms with Crippen molar-refractivity contribution in [1.82, 2.24) is 0 Å². The van der Waals surface area contributed by atoms with Gasteiger partial charge in [-0.15, -0.1) is 0 Å². The van der Waals surface area contributed by atoms with E-state index >= 15 is 0 Å². The molecule has 35 valence electrons. The van der Waals surface area contributed by atoms with Crippen molar-refractivity contribution in [3.8, 4) is 0 Å². The quantitative estimate of drug-likeness (QED) is 0.414. The average molecular weight is 126 g/mol. The highest BCUT2D eigenvalue weighted by molar-refractivity contribution is 8.20. The molecule has 1 radical (unpaired) electrons. The van der Waals surface area contributed by atoms with Gasteiger partial charge in [-0.3, -0.25) is 0 Å². The van der Waals surface area contributed by atoms with Crippen LogP contribution >= 0.6 is 21.7 Å². The first-order chi connectivity index (χ1) is 2.91. The van der Waals surface area contributed by atoms with Crippen LogP contribution in [0.3, 0.4) is 0 Å². The standard InChI is InChI=1S/C2H2ClO2S/c3-6-2-5-1-4/h2H2. The highest BCUT2D eigenvalue weighted by atomic mass is 35.7. The second-order valence-electron chi connectivity index (χ2n) is 0.455. The van der Waals surface area contributed by atoms with Gasteiger partial charge in [-0.2, -0.15) is 0 Å². The Morgan fingerprint density at radius 1 is 2.00 bits per heavy atom. The number of ether oxygens (including phenoxy) is 1. The molecule has 0 heterocycles. The molecule has 6 heavy (non-hydrogen) atoms. The smallest absolute Gasteiger partial charge is 0.418 e. The molecule has 0 fully saturated rings. The van der Waals surface area contributed by atoms with E-state index in [2.05, 4.69) is 4.74 Å². The summed E-state index contributed by atoms with van der Waals surface area (Å²) in [5.41, 5.74) is 0. The Morgan fingerprint density at radius 3 is 2.83 bits per heavy atom. The SMILES string of the molecule is O=[C]OCSCl. The molecule has 0 N–H and O–H groups in total. The molecule has 0 aliphatic carbocycles. The zero-order chi connectivity index (χ0) is 4.83. The van der Waals surface area contributed by atoms with Crippen molar-refractivity contribution in [3.05, 3.63) is 0 Å². The lowest BCUT2D eigenvalue weighted by Crippen LogP contribution is -1.79. The third-order valence-corrected chi connectivity index (χ3v) is 0.637. The van der Waals surface area contributed by atoms with Gasteiger partial charge in [0.2, 0.25) is 0 Å². The molecule has 0 rings (SSSR count). The van der Waals surface area contributed by atoms with Crippen molar-refractivity contribution in [3.63, 3.8) is 0 Å². The lowest BCUT2D eigenvalue weighted by molar-refractivity contribution is 0.337. The highest BCUT2D eigenvalue weighted by Crippen LogP contribution is 2.02. The Balaban J connectivity index is 2.49. The van der Waals surface area contributed by atoms with E-state index in [0.717, 1.165) is 11.0 Å². The average Bonchev–Trinajstić information content (AvgIpc) is 1.61. The van der Waals surface area contributed by atoms with Gasteiger partial charge in [-0.05, 0) is 21.7 Å². The van der Waals surface area contributed by atoms with Gasteiger partial charge in [0, 0.05) is 0 Å². The first kappa shape index (κ1) is 6.11. The van der Waals surface area contributed by atoms with Gasteiger partial charge in [0.25, 0.3) is 0 Å². The molecular formula is C2H2ClO2S. The van der Waals surface area contributed by atoms with Gasteiger partial charge >= 0.3 is 6.47 Å². The van der Waals surface area contributed by atoms with E-state index in [4.69, 9.17) is 15.5 Å². The van der Waals surface area contributed by atoms with Crippen LogP contribution in [0.4, 0.5) is 0 Å². The molecule has 0 aliphatic rings. The van der Waals surface area contributed by atoms with Crippen LogP contribution in [0.5, 0.6) is 0 Å². The molecule has 4 heteroatoms. The fourth-order valence-electron chi connectivity index (χ4n) is 0.0463. The minimum absolute atomic E-state index is 0.172. The van der Waals surface area contributed by atoms with E-state index in [1.165, 1.54) is 6.47 Å². The summed E-state index contributed by atoms with van der Waals surface area (Å²) >= 11 is 0. The van der Waals surface area contributed by atoms with Gasteiger partial charge in [-0.1, -0.05) is 0 Å². The predicted octanol–water partition coefficient (Wildman–Crippen LogP) is 0.915. The topological polar surface area (TPSA) is 26.3 Å². The summed E-state index contributed by atoms with van der Waals surface area (Å²) in [6, 6.07) is 0. The second kappa shape index (κ2) is 5.11. The molecule has 0 aromatic rings. The molecular weight excluding hydrogens is 124 g/mol. The van der Waals surface area contributed by atoms with Crippen LogP contribution in [0, 0.1) is 0 Å². The van der Waals surface area contributed by atoms with Gasteiger partial charge in [0.05, 0.1) is 0 Å². The Kier molecular flexibility index (Phi) is 5.20. The van der Waals surface area contributed by atoms with E-state index in [1.807, 2.05) is 0 Å². The van der Waals surface area contributed by atoms with Crippen molar-refractivity contribution >= 4 is 28.1 Å². The van der Waals surface area contributed by atoms with E-state index in [1.54, 1.807) is 0 Å². The normalized spacial score (nSPS) is 7.50. The van der Waals surface area contributed by atoms with Crippen molar-refractivity contribution in [2.45, 2.75) is 0 Å². The monoisotopic (exact) mass is 125 g/mol. The maximum absolute atomic E-state index is 9.14. The minimum atomic E-state index is 0.172. The number of hydrogen-bond donors (Lipinski definition) is 0. The van der Waals surface area contributed by atoms with Gasteiger partial charge in [0.1, 0.15) is 0 Å². The Bertz CT molecular complexity index is 40.5. The Labute approximate surface area is 44.3 Å². The molecule has 0 unspecified atom stereocenters. The molecule has 0 atom stereocenters. The van der Waals surface area contributed by atoms with E-state index in [-0.39, 0.29) is 5.94 Å². The number of rotatable bonds is 3. The van der Waals surface area contributed by atoms with Crippen LogP contribution in [0.25, 0.3) is 0 Å². The third-order valence-electron chi connectivity index (χ3n) is 0.162. The van der Waals surface area contributed by atoms with Gasteiger partial charge in [-0.25, -0.2) is 4.79 Å². The van der Waals surface area contributed by atoms with Crippen molar-refractivity contribution in [2.24, 2.45) is 0 Å². The third kappa shape index (κ3) is 4.11. The van der Waals surface area contributed by atoms with Crippen LogP contribution in [0.1, 0.15) is 0 Å². The molecule has 0 bridgehead atoms. The van der Waals surface area contributed by atoms with E-state index in [9.17, 15) is 0 Å². The summed E-state index contributed by atoms with van der Waals surface area (Å²) in [5.74, 6) is 0.172. The molecule has 0 spiro atoms. The summed E-state index contributed by atoms with van der Waals surface area (Å²) in [7, 11) is 5.91. The summed E-state index contributed by atoms with van der Waals surface area (Å²) < 4.78 is 4.01. The summed E-state index contributed by atoms with van der Waals surface area (Å²) in [6.45, 7) is 1.21. The molecule has 0 aromatic carbocycles. The second-order valence-corrected chi connectivity index (χ2v) is 1.56. The first-order valence-electron chi connectivity index (χ1n) is 1.14. The molecule has 0 aromatic heterocycles. The van der Waals surface area contributed by atoms with Crippen LogP contribution in [0.2, 0.25) is 0 Å². The fraction of sp³-hybridized carbons (Fsp3) is 0.500. The molecule has 2 nitrogen and oxygen atoms in total. The maximum atomic E-state index is 9.14. The van der Waals surface area contributed by atoms with Crippen molar-refractivity contribution < 1.29 is 9.53 Å². The van der Waals surface area contributed by atoms with Gasteiger partial charge in [0.15, 0.2) is 5.94 Å². The zero-order valence-electron chi connectivity index (χ0n) is 2.81. The zero-order valence-corrected chi connectivity index (χ0v) is 4.38. The maximum Gasteiger partial charge on any atom is 0.418 e. The van der Waals surface area contributed by atoms with E-state index in [0.29, 0.717) is 0 Å². The largest absolute Gasteiger partial charge is 0.445 e. The van der Waals surface area contributed by atoms with Crippen LogP contribution in [-0.4, -0.2) is 12.4 Å². The predicted molar refractivity (Wildman–Crippen MR) is 25.1 cm³/mol. The summed E-state index contributed by atoms with van der Waals surface area (Å²) in [4.78, 5) is 9.14. The highest BCUT2D eigenvalue weighted by Gasteiger charge is 1.76. The Morgan fingerprint density at radius 2 is 2.67 bits per heavy atom. The van der Waals surface area contributed by atoms with Gasteiger partial charge < -0.3 is 4.74 Å². The number of halogens is 1. The molecule has 0 amide bonds. The minimum Gasteiger partial charge on any atom is -0.445 e. The lowest BCUT2D eigenvalue weighted by Gasteiger charge is -1.82. The van der Waals surface area contributed by atoms with Crippen LogP contribution in [-0.2, 0) is 9.53 Å². The van der Waals surface area contributed by atoms with E-state index < -0.39 is 0 Å². The lowest BCUT2D eigenvalue weighted by atomic mass is 11.5. The fourth-order valence-corrected chi connectivity index (χ4v) is 0.273. The number of carbonyl (C=O) groups excluding carboxylic acids is 1. The molecule has 0 aliphatic heterocycles. The molecule has 0 saturated heterocycles. The summed E-state index contributed by atoms with van der Waals surface area (Å²) in [6.07, 6.45) is 0.